The molecule has 136 valence electrons. The highest BCUT2D eigenvalue weighted by atomic mass is 16.5. The quantitative estimate of drug-likeness (QED) is 0.555. The first-order chi connectivity index (χ1) is 13.3. The average Bonchev–Trinajstić information content (AvgIpc) is 3.43. The van der Waals surface area contributed by atoms with E-state index in [0.717, 1.165) is 41.9 Å². The second kappa shape index (κ2) is 6.67. The van der Waals surface area contributed by atoms with Crippen molar-refractivity contribution in [2.75, 3.05) is 23.3 Å². The van der Waals surface area contributed by atoms with E-state index in [4.69, 9.17) is 4.52 Å². The number of hydrogen-bond donors (Lipinski definition) is 2. The molecule has 5 rings (SSSR count). The van der Waals surface area contributed by atoms with Gasteiger partial charge in [-0.3, -0.25) is 5.10 Å². The van der Waals surface area contributed by atoms with Crippen molar-refractivity contribution in [2.24, 2.45) is 0 Å². The van der Waals surface area contributed by atoms with Gasteiger partial charge in [0.2, 0.25) is 5.89 Å². The maximum atomic E-state index is 5.43. The minimum Gasteiger partial charge on any atom is -0.365 e. The Morgan fingerprint density at radius 2 is 2.15 bits per heavy atom. The molecule has 1 saturated heterocycles. The fourth-order valence-electron chi connectivity index (χ4n) is 3.35. The molecule has 0 bridgehead atoms. The number of nitrogens with one attached hydrogen (secondary N) is 2. The summed E-state index contributed by atoms with van der Waals surface area (Å²) >= 11 is 0. The van der Waals surface area contributed by atoms with E-state index in [1.54, 1.807) is 6.20 Å². The SMILES string of the molecule is c1ccc(Cc2nc(N3CC[C@@H](Nc4ncnc5[nH]ncc45)C3)no2)cc1. The van der Waals surface area contributed by atoms with Crippen LogP contribution in [0.25, 0.3) is 11.0 Å². The van der Waals surface area contributed by atoms with Gasteiger partial charge in [-0.1, -0.05) is 30.3 Å². The van der Waals surface area contributed by atoms with Crippen molar-refractivity contribution < 1.29 is 4.52 Å². The van der Waals surface area contributed by atoms with Gasteiger partial charge in [0, 0.05) is 19.1 Å². The first-order valence-electron chi connectivity index (χ1n) is 8.87. The fourth-order valence-corrected chi connectivity index (χ4v) is 3.35. The van der Waals surface area contributed by atoms with Crippen LogP contribution in [0.15, 0.2) is 47.4 Å². The van der Waals surface area contributed by atoms with Gasteiger partial charge in [-0.25, -0.2) is 9.97 Å². The molecule has 0 unspecified atom stereocenters. The van der Waals surface area contributed by atoms with Crippen LogP contribution < -0.4 is 10.2 Å². The molecule has 1 aliphatic heterocycles. The molecular formula is C18H18N8O. The van der Waals surface area contributed by atoms with Crippen LogP contribution in [0.1, 0.15) is 17.9 Å². The minimum absolute atomic E-state index is 0.245. The normalized spacial score (nSPS) is 16.9. The predicted molar refractivity (Wildman–Crippen MR) is 99.5 cm³/mol. The van der Waals surface area contributed by atoms with E-state index in [2.05, 4.69) is 52.7 Å². The number of anilines is 2. The van der Waals surface area contributed by atoms with Crippen molar-refractivity contribution in [1.29, 1.82) is 0 Å². The Labute approximate surface area is 154 Å². The summed E-state index contributed by atoms with van der Waals surface area (Å²) in [6, 6.07) is 10.4. The monoisotopic (exact) mass is 362 g/mol. The molecule has 0 saturated carbocycles. The number of rotatable bonds is 5. The number of aromatic nitrogens is 6. The van der Waals surface area contributed by atoms with E-state index in [-0.39, 0.29) is 6.04 Å². The highest BCUT2D eigenvalue weighted by Gasteiger charge is 2.26. The standard InChI is InChI=1S/C18H18N8O/c1-2-4-12(5-3-1)8-15-23-18(25-27-15)26-7-6-13(10-26)22-16-14-9-21-24-17(14)20-11-19-16/h1-5,9,11,13H,6-8,10H2,(H2,19,20,21,22,24)/t13-/m1/s1. The summed E-state index contributed by atoms with van der Waals surface area (Å²) in [7, 11) is 0. The smallest absolute Gasteiger partial charge is 0.266 e. The van der Waals surface area contributed by atoms with Gasteiger partial charge in [0.15, 0.2) is 5.65 Å². The van der Waals surface area contributed by atoms with Gasteiger partial charge in [-0.2, -0.15) is 10.1 Å². The lowest BCUT2D eigenvalue weighted by atomic mass is 10.1. The Kier molecular flexibility index (Phi) is 3.89. The zero-order valence-corrected chi connectivity index (χ0v) is 14.5. The summed E-state index contributed by atoms with van der Waals surface area (Å²) < 4.78 is 5.43. The molecule has 3 aromatic heterocycles. The largest absolute Gasteiger partial charge is 0.365 e. The molecule has 0 radical (unpaired) electrons. The molecule has 27 heavy (non-hydrogen) atoms. The first kappa shape index (κ1) is 15.7. The Bertz CT molecular complexity index is 1040. The van der Waals surface area contributed by atoms with Crippen LogP contribution in [0.4, 0.5) is 11.8 Å². The molecule has 2 N–H and O–H groups in total. The van der Waals surface area contributed by atoms with Crippen LogP contribution in [-0.2, 0) is 6.42 Å². The molecule has 9 nitrogen and oxygen atoms in total. The zero-order valence-electron chi connectivity index (χ0n) is 14.5. The van der Waals surface area contributed by atoms with E-state index in [9.17, 15) is 0 Å². The lowest BCUT2D eigenvalue weighted by molar-refractivity contribution is 0.384. The Hall–Kier alpha value is -3.49. The Morgan fingerprint density at radius 1 is 1.22 bits per heavy atom. The number of hydrogen-bond acceptors (Lipinski definition) is 8. The van der Waals surface area contributed by atoms with Crippen LogP contribution in [-0.4, -0.2) is 49.4 Å². The molecule has 0 spiro atoms. The molecule has 4 aromatic rings. The number of nitrogens with zero attached hydrogens (tertiary/aromatic N) is 6. The van der Waals surface area contributed by atoms with Crippen LogP contribution >= 0.6 is 0 Å². The van der Waals surface area contributed by atoms with Crippen molar-refractivity contribution in [1.82, 2.24) is 30.3 Å². The third kappa shape index (κ3) is 3.19. The maximum Gasteiger partial charge on any atom is 0.266 e. The third-order valence-corrected chi connectivity index (χ3v) is 4.72. The summed E-state index contributed by atoms with van der Waals surface area (Å²) in [5.74, 6) is 2.06. The van der Waals surface area contributed by atoms with Gasteiger partial charge < -0.3 is 14.7 Å². The summed E-state index contributed by atoms with van der Waals surface area (Å²) in [6.45, 7) is 1.65. The molecular weight excluding hydrogens is 344 g/mol. The minimum atomic E-state index is 0.245. The number of benzene rings is 1. The molecule has 4 heterocycles. The van der Waals surface area contributed by atoms with E-state index in [0.29, 0.717) is 18.3 Å². The van der Waals surface area contributed by atoms with Gasteiger partial charge in [0.1, 0.15) is 12.1 Å². The summed E-state index contributed by atoms with van der Waals surface area (Å²) in [6.07, 6.45) is 4.87. The maximum absolute atomic E-state index is 5.43. The number of fused-ring (bicyclic) bond motifs is 1. The van der Waals surface area contributed by atoms with Crippen molar-refractivity contribution in [3.05, 3.63) is 54.3 Å². The molecule has 9 heteroatoms. The van der Waals surface area contributed by atoms with Crippen molar-refractivity contribution >= 4 is 22.8 Å². The van der Waals surface area contributed by atoms with Crippen molar-refractivity contribution in [3.8, 4) is 0 Å². The number of H-pyrrole nitrogens is 1. The summed E-state index contributed by atoms with van der Waals surface area (Å²) in [5.41, 5.74) is 1.88. The van der Waals surface area contributed by atoms with Gasteiger partial charge in [-0.05, 0) is 17.1 Å². The topological polar surface area (TPSA) is 109 Å². The van der Waals surface area contributed by atoms with Gasteiger partial charge in [0.05, 0.1) is 18.0 Å². The second-order valence-electron chi connectivity index (χ2n) is 6.58. The lowest BCUT2D eigenvalue weighted by Gasteiger charge is -2.15. The zero-order chi connectivity index (χ0) is 18.1. The molecule has 0 amide bonds. The Balaban J connectivity index is 1.25. The Morgan fingerprint density at radius 3 is 3.07 bits per heavy atom. The summed E-state index contributed by atoms with van der Waals surface area (Å²) in [5, 5.41) is 15.4. The second-order valence-corrected chi connectivity index (χ2v) is 6.58. The van der Waals surface area contributed by atoms with Gasteiger partial charge in [0.25, 0.3) is 5.95 Å². The van der Waals surface area contributed by atoms with E-state index in [1.165, 1.54) is 6.33 Å². The van der Waals surface area contributed by atoms with Crippen LogP contribution in [0.5, 0.6) is 0 Å². The molecule has 1 fully saturated rings. The van der Waals surface area contributed by atoms with Gasteiger partial charge in [-0.15, -0.1) is 0 Å². The van der Waals surface area contributed by atoms with Crippen molar-refractivity contribution in [3.63, 3.8) is 0 Å². The summed E-state index contributed by atoms with van der Waals surface area (Å²) in [4.78, 5) is 15.2. The van der Waals surface area contributed by atoms with E-state index >= 15 is 0 Å². The van der Waals surface area contributed by atoms with Crippen molar-refractivity contribution in [2.45, 2.75) is 18.9 Å². The third-order valence-electron chi connectivity index (χ3n) is 4.72. The van der Waals surface area contributed by atoms with Crippen LogP contribution in [0, 0.1) is 0 Å². The van der Waals surface area contributed by atoms with Gasteiger partial charge >= 0.3 is 0 Å². The predicted octanol–water partition coefficient (Wildman–Crippen LogP) is 2.02. The molecule has 1 atom stereocenters. The van der Waals surface area contributed by atoms with Crippen LogP contribution in [0.2, 0.25) is 0 Å². The van der Waals surface area contributed by atoms with Crippen LogP contribution in [0.3, 0.4) is 0 Å². The lowest BCUT2D eigenvalue weighted by Crippen LogP contribution is -2.27. The average molecular weight is 362 g/mol. The highest BCUT2D eigenvalue weighted by molar-refractivity contribution is 5.85. The first-order valence-corrected chi connectivity index (χ1v) is 8.87. The molecule has 1 aromatic carbocycles. The number of aromatic amines is 1. The van der Waals surface area contributed by atoms with E-state index in [1.807, 2.05) is 18.2 Å². The fraction of sp³-hybridized carbons (Fsp3) is 0.278. The highest BCUT2D eigenvalue weighted by Crippen LogP contribution is 2.23. The molecule has 0 aliphatic carbocycles. The molecule has 1 aliphatic rings. The van der Waals surface area contributed by atoms with E-state index < -0.39 is 0 Å².